The van der Waals surface area contributed by atoms with E-state index in [0.717, 1.165) is 6.42 Å². The lowest BCUT2D eigenvalue weighted by molar-refractivity contribution is -0.0893. The lowest BCUT2D eigenvalue weighted by Gasteiger charge is -2.30. The molecule has 2 unspecified atom stereocenters. The highest BCUT2D eigenvalue weighted by Crippen LogP contribution is 2.44. The highest BCUT2D eigenvalue weighted by atomic mass is 16.5. The lowest BCUT2D eigenvalue weighted by atomic mass is 9.82. The molecule has 0 radical (unpaired) electrons. The molecule has 0 bridgehead atoms. The number of aliphatic hydroxyl groups is 1. The van der Waals surface area contributed by atoms with Gasteiger partial charge >= 0.3 is 0 Å². The fourth-order valence-corrected chi connectivity index (χ4v) is 2.64. The normalized spacial score (nSPS) is 30.4. The first-order chi connectivity index (χ1) is 6.78. The van der Waals surface area contributed by atoms with Crippen LogP contribution in [0.4, 0.5) is 0 Å². The molecular weight excluding hydrogens is 192 g/mol. The first kappa shape index (κ1) is 12.9. The van der Waals surface area contributed by atoms with Crippen LogP contribution < -0.4 is 0 Å². The molecule has 1 saturated heterocycles. The SMILES string of the molecule is COCCC(O)C1CC(C)(C)OC1(C)C. The number of hydrogen-bond donors (Lipinski definition) is 1. The summed E-state index contributed by atoms with van der Waals surface area (Å²) in [5.74, 6) is 0.197. The van der Waals surface area contributed by atoms with Crippen LogP contribution in [0.1, 0.15) is 40.5 Å². The van der Waals surface area contributed by atoms with E-state index in [2.05, 4.69) is 27.7 Å². The molecule has 0 saturated carbocycles. The molecule has 1 aliphatic heterocycles. The third-order valence-corrected chi connectivity index (χ3v) is 3.23. The Morgan fingerprint density at radius 3 is 2.40 bits per heavy atom. The van der Waals surface area contributed by atoms with Crippen molar-refractivity contribution in [2.75, 3.05) is 13.7 Å². The fraction of sp³-hybridized carbons (Fsp3) is 1.00. The van der Waals surface area contributed by atoms with Gasteiger partial charge in [0.1, 0.15) is 0 Å². The molecule has 1 rings (SSSR count). The van der Waals surface area contributed by atoms with Crippen LogP contribution in [0.3, 0.4) is 0 Å². The van der Waals surface area contributed by atoms with E-state index < -0.39 is 0 Å². The van der Waals surface area contributed by atoms with Gasteiger partial charge in [0.2, 0.25) is 0 Å². The van der Waals surface area contributed by atoms with Crippen molar-refractivity contribution in [3.05, 3.63) is 0 Å². The average Bonchev–Trinajstić information content (AvgIpc) is 2.30. The van der Waals surface area contributed by atoms with Crippen LogP contribution in [0.5, 0.6) is 0 Å². The van der Waals surface area contributed by atoms with Crippen molar-refractivity contribution < 1.29 is 14.6 Å². The zero-order chi connectivity index (χ0) is 11.7. The minimum absolute atomic E-state index is 0.123. The van der Waals surface area contributed by atoms with Crippen molar-refractivity contribution in [3.63, 3.8) is 0 Å². The zero-order valence-electron chi connectivity index (χ0n) is 10.5. The Morgan fingerprint density at radius 2 is 2.00 bits per heavy atom. The summed E-state index contributed by atoms with van der Waals surface area (Å²) >= 11 is 0. The van der Waals surface area contributed by atoms with Crippen molar-refractivity contribution in [3.8, 4) is 0 Å². The third-order valence-electron chi connectivity index (χ3n) is 3.23. The Kier molecular flexibility index (Phi) is 3.80. The van der Waals surface area contributed by atoms with Crippen LogP contribution in [-0.2, 0) is 9.47 Å². The van der Waals surface area contributed by atoms with Crippen LogP contribution in [0.2, 0.25) is 0 Å². The molecule has 1 heterocycles. The molecule has 90 valence electrons. The van der Waals surface area contributed by atoms with Crippen LogP contribution in [0.15, 0.2) is 0 Å². The highest BCUT2D eigenvalue weighted by molar-refractivity contribution is 4.97. The van der Waals surface area contributed by atoms with Gasteiger partial charge in [0.05, 0.1) is 17.3 Å². The van der Waals surface area contributed by atoms with Crippen LogP contribution in [0.25, 0.3) is 0 Å². The molecule has 0 aromatic heterocycles. The van der Waals surface area contributed by atoms with E-state index >= 15 is 0 Å². The van der Waals surface area contributed by atoms with Gasteiger partial charge in [0.15, 0.2) is 0 Å². The maximum Gasteiger partial charge on any atom is 0.0687 e. The summed E-state index contributed by atoms with van der Waals surface area (Å²) in [6, 6.07) is 0. The van der Waals surface area contributed by atoms with Gasteiger partial charge in [0, 0.05) is 19.6 Å². The van der Waals surface area contributed by atoms with Gasteiger partial charge in [-0.25, -0.2) is 0 Å². The molecule has 1 N–H and O–H groups in total. The molecule has 1 aliphatic rings. The summed E-state index contributed by atoms with van der Waals surface area (Å²) in [5.41, 5.74) is -0.362. The van der Waals surface area contributed by atoms with Crippen molar-refractivity contribution in [2.45, 2.75) is 57.8 Å². The van der Waals surface area contributed by atoms with Crippen LogP contribution in [-0.4, -0.2) is 36.1 Å². The van der Waals surface area contributed by atoms with E-state index in [0.29, 0.717) is 13.0 Å². The second-order valence-electron chi connectivity index (χ2n) is 5.62. The molecule has 0 aromatic rings. The van der Waals surface area contributed by atoms with Crippen LogP contribution >= 0.6 is 0 Å². The molecule has 3 nitrogen and oxygen atoms in total. The smallest absolute Gasteiger partial charge is 0.0687 e. The number of hydrogen-bond acceptors (Lipinski definition) is 3. The molecule has 15 heavy (non-hydrogen) atoms. The predicted octanol–water partition coefficient (Wildman–Crippen LogP) is 1.98. The Morgan fingerprint density at radius 1 is 1.40 bits per heavy atom. The first-order valence-electron chi connectivity index (χ1n) is 5.66. The maximum absolute atomic E-state index is 10.1. The average molecular weight is 216 g/mol. The molecular formula is C12H24O3. The van der Waals surface area contributed by atoms with E-state index in [1.165, 1.54) is 0 Å². The van der Waals surface area contributed by atoms with Crippen molar-refractivity contribution >= 4 is 0 Å². The monoisotopic (exact) mass is 216 g/mol. The van der Waals surface area contributed by atoms with Gasteiger partial charge in [-0.15, -0.1) is 0 Å². The van der Waals surface area contributed by atoms with Gasteiger partial charge in [-0.2, -0.15) is 0 Å². The Labute approximate surface area is 92.8 Å². The zero-order valence-corrected chi connectivity index (χ0v) is 10.5. The second kappa shape index (κ2) is 4.40. The fourth-order valence-electron chi connectivity index (χ4n) is 2.64. The summed E-state index contributed by atoms with van der Waals surface area (Å²) in [5, 5.41) is 10.1. The molecule has 2 atom stereocenters. The highest BCUT2D eigenvalue weighted by Gasteiger charge is 2.48. The van der Waals surface area contributed by atoms with Gasteiger partial charge < -0.3 is 14.6 Å². The minimum atomic E-state index is -0.332. The summed E-state index contributed by atoms with van der Waals surface area (Å²) in [7, 11) is 1.66. The van der Waals surface area contributed by atoms with Gasteiger partial charge in [-0.05, 0) is 40.5 Å². The van der Waals surface area contributed by atoms with E-state index in [1.807, 2.05) is 0 Å². The lowest BCUT2D eigenvalue weighted by Crippen LogP contribution is -2.36. The largest absolute Gasteiger partial charge is 0.393 e. The molecule has 0 spiro atoms. The summed E-state index contributed by atoms with van der Waals surface area (Å²) in [6.45, 7) is 8.88. The first-order valence-corrected chi connectivity index (χ1v) is 5.66. The van der Waals surface area contributed by atoms with Gasteiger partial charge in [-0.3, -0.25) is 0 Å². The second-order valence-corrected chi connectivity index (χ2v) is 5.62. The van der Waals surface area contributed by atoms with E-state index in [9.17, 15) is 5.11 Å². The van der Waals surface area contributed by atoms with Crippen LogP contribution in [0, 0.1) is 5.92 Å². The minimum Gasteiger partial charge on any atom is -0.393 e. The quantitative estimate of drug-likeness (QED) is 0.781. The predicted molar refractivity (Wildman–Crippen MR) is 59.8 cm³/mol. The molecule has 3 heteroatoms. The molecule has 0 aliphatic carbocycles. The van der Waals surface area contributed by atoms with Crippen molar-refractivity contribution in [1.82, 2.24) is 0 Å². The summed E-state index contributed by atoms with van der Waals surface area (Å²) < 4.78 is 10.9. The van der Waals surface area contributed by atoms with Crippen molar-refractivity contribution in [2.24, 2.45) is 5.92 Å². The number of ether oxygens (including phenoxy) is 2. The van der Waals surface area contributed by atoms with E-state index in [4.69, 9.17) is 9.47 Å². The van der Waals surface area contributed by atoms with E-state index in [-0.39, 0.29) is 23.2 Å². The third kappa shape index (κ3) is 3.16. The topological polar surface area (TPSA) is 38.7 Å². The summed E-state index contributed by atoms with van der Waals surface area (Å²) in [4.78, 5) is 0. The Bertz CT molecular complexity index is 211. The maximum atomic E-state index is 10.1. The molecule has 0 amide bonds. The number of methoxy groups -OCH3 is 1. The Balaban J connectivity index is 2.61. The molecule has 1 fully saturated rings. The van der Waals surface area contributed by atoms with Crippen molar-refractivity contribution in [1.29, 1.82) is 0 Å². The van der Waals surface area contributed by atoms with E-state index in [1.54, 1.807) is 7.11 Å². The molecule has 0 aromatic carbocycles. The number of rotatable bonds is 4. The standard InChI is InChI=1S/C12H24O3/c1-11(2)8-9(12(3,4)15-11)10(13)6-7-14-5/h9-10,13H,6-8H2,1-5H3. The summed E-state index contributed by atoms with van der Waals surface area (Å²) in [6.07, 6.45) is 1.26. The van der Waals surface area contributed by atoms with Gasteiger partial charge in [-0.1, -0.05) is 0 Å². The van der Waals surface area contributed by atoms with Gasteiger partial charge in [0.25, 0.3) is 0 Å². The Hall–Kier alpha value is -0.120. The number of aliphatic hydroxyl groups excluding tert-OH is 1.